The first kappa shape index (κ1) is 96.0. The lowest BCUT2D eigenvalue weighted by molar-refractivity contribution is -0.146. The predicted molar refractivity (Wildman–Crippen MR) is 521 cm³/mol. The Balaban J connectivity index is 0.000000134. The minimum Gasteiger partial charge on any atom is -0.493 e. The molecule has 4 aliphatic heterocycles. The molecule has 28 nitrogen and oxygen atoms in total. The van der Waals surface area contributed by atoms with Gasteiger partial charge in [0.15, 0.2) is 74.7 Å². The van der Waals surface area contributed by atoms with Gasteiger partial charge in [0, 0.05) is 74.1 Å². The number of esters is 2. The molecular weight excluding hydrogens is 1760 g/mol. The Morgan fingerprint density at radius 3 is 1.01 bits per heavy atom. The number of aromatic nitrogens is 4. The number of hydrogen-bond acceptors (Lipinski definition) is 26. The van der Waals surface area contributed by atoms with Gasteiger partial charge >= 0.3 is 23.9 Å². The van der Waals surface area contributed by atoms with Crippen molar-refractivity contribution in [2.75, 3.05) is 56.4 Å². The number of carbonyl (C=O) groups excluding carboxylic acids is 2. The number of oxazole rings is 4. The number of methoxy groups -OCH3 is 4. The lowest BCUT2D eigenvalue weighted by Crippen LogP contribution is -2.47. The molecule has 0 fully saturated rings. The van der Waals surface area contributed by atoms with Gasteiger partial charge in [0.1, 0.15) is 72.7 Å². The minimum absolute atomic E-state index is 0. The van der Waals surface area contributed by atoms with E-state index in [1.54, 1.807) is 45.2 Å². The Kier molecular flexibility index (Phi) is 31.2. The standard InChI is InChI=1S/C28H28N2O5.2C26H24N2O5.C20H23NO4.C8H7NO.ClH/c1-4-33-27(31)23-15-21-20(16-30(23)28-29-22-12-10-18(2)14-25(22)35-28)11-13-24(32-3)26(21)34-17-19-8-6-5-7-9-19;2*1-16-8-10-20-23(12-16)33-26(27-20)28-14-18-9-11-22(31-2)24(19(18)13-21(28)25(29)30)32-15-17-6-4-3-5-7-17;1-3-24-20(22)17-11-16-15(12-21-17)9-10-18(23-2)19(16)25-13-14-7-5-4-6-8-14;1-6-2-3-7-8(4-6)10-5-9-7;/h5-14,23H,4,15-17H2,1-3H3;2*3-12,21H,13-15H2,1-2H3,(H,29,30);4-10,17,21H,3,11-13H2,1-2H3;2-5H,1H3;1H. The highest BCUT2D eigenvalue weighted by Crippen LogP contribution is 2.46. The maximum Gasteiger partial charge on any atom is 0.329 e. The third-order valence-corrected chi connectivity index (χ3v) is 23.9. The molecule has 706 valence electrons. The molecule has 0 aliphatic carbocycles. The summed E-state index contributed by atoms with van der Waals surface area (Å²) in [6.45, 7) is 15.5. The van der Waals surface area contributed by atoms with Crippen molar-refractivity contribution in [2.24, 2.45) is 0 Å². The summed E-state index contributed by atoms with van der Waals surface area (Å²) >= 11 is 0. The molecule has 3 N–H and O–H groups in total. The molecule has 4 aromatic heterocycles. The predicted octanol–water partition coefficient (Wildman–Crippen LogP) is 20.1. The van der Waals surface area contributed by atoms with Crippen molar-refractivity contribution in [3.05, 3.63) is 338 Å². The molecule has 0 amide bonds. The van der Waals surface area contributed by atoms with E-state index in [-0.39, 0.29) is 49.8 Å². The van der Waals surface area contributed by atoms with Crippen LogP contribution in [0, 0.1) is 27.7 Å². The highest BCUT2D eigenvalue weighted by Gasteiger charge is 2.41. The number of halogens is 1. The van der Waals surface area contributed by atoms with Gasteiger partial charge < -0.3 is 95.3 Å². The molecule has 4 unspecified atom stereocenters. The smallest absolute Gasteiger partial charge is 0.329 e. The molecule has 0 bridgehead atoms. The molecule has 20 rings (SSSR count). The summed E-state index contributed by atoms with van der Waals surface area (Å²) in [6.07, 6.45) is 2.85. The van der Waals surface area contributed by atoms with Crippen molar-refractivity contribution < 1.29 is 94.4 Å². The van der Waals surface area contributed by atoms with Crippen molar-refractivity contribution in [3.63, 3.8) is 0 Å². The average molecular weight is 1870 g/mol. The normalized spacial score (nSPS) is 14.9. The van der Waals surface area contributed by atoms with Crippen LogP contribution in [-0.2, 0) is 107 Å². The van der Waals surface area contributed by atoms with E-state index in [4.69, 9.17) is 65.0 Å². The molecular formula is C108H107ClN8O20. The lowest BCUT2D eigenvalue weighted by Gasteiger charge is -2.35. The van der Waals surface area contributed by atoms with Gasteiger partial charge in [0.05, 0.1) is 41.7 Å². The number of nitrogens with zero attached hydrogens (tertiary/aromatic N) is 7. The van der Waals surface area contributed by atoms with Crippen LogP contribution in [0.25, 0.3) is 44.4 Å². The summed E-state index contributed by atoms with van der Waals surface area (Å²) < 4.78 is 80.6. The van der Waals surface area contributed by atoms with Crippen LogP contribution in [0.5, 0.6) is 46.0 Å². The summed E-state index contributed by atoms with van der Waals surface area (Å²) in [5.74, 6) is 2.54. The molecule has 137 heavy (non-hydrogen) atoms. The van der Waals surface area contributed by atoms with Crippen molar-refractivity contribution in [1.82, 2.24) is 25.3 Å². The van der Waals surface area contributed by atoms with Crippen LogP contribution in [-0.4, -0.2) is 120 Å². The van der Waals surface area contributed by atoms with Crippen LogP contribution in [0.3, 0.4) is 0 Å². The first-order chi connectivity index (χ1) is 66.2. The topological polar surface area (TPSA) is 327 Å². The number of anilines is 3. The molecule has 29 heteroatoms. The first-order valence-corrected chi connectivity index (χ1v) is 44.9. The first-order valence-electron chi connectivity index (χ1n) is 44.9. The molecule has 0 saturated carbocycles. The molecule has 0 radical (unpaired) electrons. The summed E-state index contributed by atoms with van der Waals surface area (Å²) in [5.41, 5.74) is 22.1. The summed E-state index contributed by atoms with van der Waals surface area (Å²) in [7, 11) is 6.42. The Hall–Kier alpha value is -15.6. The van der Waals surface area contributed by atoms with E-state index >= 15 is 0 Å². The van der Waals surface area contributed by atoms with Gasteiger partial charge in [-0.2, -0.15) is 15.0 Å². The van der Waals surface area contributed by atoms with E-state index in [0.717, 1.165) is 100 Å². The summed E-state index contributed by atoms with van der Waals surface area (Å²) in [6, 6.07) is 76.7. The second kappa shape index (κ2) is 44.5. The van der Waals surface area contributed by atoms with Crippen molar-refractivity contribution in [3.8, 4) is 46.0 Å². The highest BCUT2D eigenvalue weighted by atomic mass is 35.5. The fourth-order valence-corrected chi connectivity index (χ4v) is 16.9. The average Bonchev–Trinajstić information content (AvgIpc) is 1.75. The van der Waals surface area contributed by atoms with Crippen molar-refractivity contribution >= 4 is 98.7 Å². The largest absolute Gasteiger partial charge is 0.493 e. The Bertz CT molecular complexity index is 6690. The van der Waals surface area contributed by atoms with E-state index in [1.807, 2.05) is 282 Å². The van der Waals surface area contributed by atoms with E-state index in [9.17, 15) is 29.4 Å². The zero-order valence-electron chi connectivity index (χ0n) is 77.7. The van der Waals surface area contributed by atoms with Gasteiger partial charge in [-0.25, -0.2) is 19.4 Å². The molecule has 4 aliphatic rings. The van der Waals surface area contributed by atoms with E-state index in [0.29, 0.717) is 164 Å². The third-order valence-electron chi connectivity index (χ3n) is 23.9. The van der Waals surface area contributed by atoms with Crippen LogP contribution in [0.2, 0.25) is 0 Å². The van der Waals surface area contributed by atoms with Crippen LogP contribution in [0.15, 0.2) is 267 Å². The number of aryl methyl sites for hydroxylation is 4. The van der Waals surface area contributed by atoms with Crippen molar-refractivity contribution in [2.45, 2.75) is 144 Å². The lowest BCUT2D eigenvalue weighted by atomic mass is 9.92. The molecule has 0 spiro atoms. The van der Waals surface area contributed by atoms with E-state index < -0.39 is 30.1 Å². The van der Waals surface area contributed by atoms with Crippen LogP contribution in [0.1, 0.15) is 103 Å². The second-order valence-corrected chi connectivity index (χ2v) is 33.1. The maximum atomic E-state index is 13.1. The number of carbonyl (C=O) groups is 4. The van der Waals surface area contributed by atoms with Gasteiger partial charge in [-0.1, -0.05) is 170 Å². The number of carboxylic acids is 2. The molecule has 8 heterocycles. The Labute approximate surface area is 798 Å². The number of fused-ring (bicyclic) bond motifs is 8. The SMILES string of the molecule is CCOC(=O)C1Cc2c(ccc(OC)c2OCc2ccccc2)CN1.CCOC(=O)C1Cc2c(ccc(OC)c2OCc2ccccc2)CN1c1nc2ccc(C)cc2o1.COc1ccc2c(c1OCc1ccccc1)CC(C(=O)O)N(c1nc3ccc(C)cc3o1)C2.COc1ccc2c(c1OCc1ccccc1)CC(C(=O)O)N(c1nc3ccc(C)cc3o1)C2.Cc1ccc2ncoc2c1.Cl. The van der Waals surface area contributed by atoms with Crippen LogP contribution < -0.4 is 57.9 Å². The second-order valence-electron chi connectivity index (χ2n) is 33.1. The molecule has 16 aromatic rings. The van der Waals surface area contributed by atoms with Crippen LogP contribution in [0.4, 0.5) is 18.0 Å². The quantitative estimate of drug-likeness (QED) is 0.0448. The Morgan fingerprint density at radius 2 is 0.679 bits per heavy atom. The molecule has 0 saturated heterocycles. The third kappa shape index (κ3) is 22.6. The number of rotatable bonds is 25. The molecule has 12 aromatic carbocycles. The molecule has 4 atom stereocenters. The van der Waals surface area contributed by atoms with E-state index in [1.165, 1.54) is 12.0 Å². The zero-order valence-corrected chi connectivity index (χ0v) is 78.5. The van der Waals surface area contributed by atoms with Gasteiger partial charge in [0.2, 0.25) is 0 Å². The number of benzene rings is 12. The fraction of sp³-hybridized carbons (Fsp3) is 0.259. The zero-order chi connectivity index (χ0) is 94.9. The maximum absolute atomic E-state index is 13.1. The number of hydrogen-bond donors (Lipinski definition) is 3. The summed E-state index contributed by atoms with van der Waals surface area (Å²) in [4.78, 5) is 72.8. The monoisotopic (exact) mass is 1870 g/mol. The number of carboxylic acid groups (broad SMARTS) is 2. The van der Waals surface area contributed by atoms with Crippen LogP contribution >= 0.6 is 12.4 Å². The number of nitrogens with one attached hydrogen (secondary N) is 1. The van der Waals surface area contributed by atoms with Gasteiger partial charge in [0.25, 0.3) is 18.0 Å². The highest BCUT2D eigenvalue weighted by molar-refractivity contribution is 5.86. The fourth-order valence-electron chi connectivity index (χ4n) is 16.9. The van der Waals surface area contributed by atoms with Gasteiger partial charge in [-0.15, -0.1) is 12.4 Å². The number of aliphatic carboxylic acids is 2. The van der Waals surface area contributed by atoms with Crippen molar-refractivity contribution in [1.29, 1.82) is 0 Å². The van der Waals surface area contributed by atoms with Gasteiger partial charge in [-0.05, 0) is 181 Å². The Morgan fingerprint density at radius 1 is 0.372 bits per heavy atom. The number of ether oxygens (including phenoxy) is 10. The van der Waals surface area contributed by atoms with E-state index in [2.05, 4.69) is 25.3 Å². The summed E-state index contributed by atoms with van der Waals surface area (Å²) in [5, 5.41) is 23.3. The minimum atomic E-state index is -0.948. The van der Waals surface area contributed by atoms with Gasteiger partial charge in [-0.3, -0.25) is 4.79 Å².